The summed E-state index contributed by atoms with van der Waals surface area (Å²) in [6, 6.07) is 2.19. The van der Waals surface area contributed by atoms with Crippen molar-refractivity contribution in [2.75, 3.05) is 0 Å². The van der Waals surface area contributed by atoms with Crippen LogP contribution in [0.3, 0.4) is 0 Å². The number of amides is 1. The van der Waals surface area contributed by atoms with Crippen molar-refractivity contribution >= 4 is 13.7 Å². The first-order chi connectivity index (χ1) is 8.42. The second-order valence-corrected chi connectivity index (χ2v) is 3.82. The van der Waals surface area contributed by atoms with E-state index in [-0.39, 0.29) is 6.42 Å². The van der Waals surface area contributed by atoms with Crippen LogP contribution in [0.4, 0.5) is 13.6 Å². The summed E-state index contributed by atoms with van der Waals surface area (Å²) in [7, 11) is 4.96. The topological polar surface area (TPSA) is 49.3 Å². The lowest BCUT2D eigenvalue weighted by atomic mass is 9.99. The maximum absolute atomic E-state index is 13.0. The number of aliphatic hydroxyl groups is 1. The van der Waals surface area contributed by atoms with Crippen LogP contribution in [-0.2, 0) is 6.42 Å². The smallest absolute Gasteiger partial charge is 0.200 e. The summed E-state index contributed by atoms with van der Waals surface area (Å²) in [5.41, 5.74) is 0.298. The molecule has 0 heterocycles. The molecule has 18 heavy (non-hydrogen) atoms. The molecule has 94 valence electrons. The lowest BCUT2D eigenvalue weighted by Gasteiger charge is -2.21. The Hall–Kier alpha value is -1.69. The number of rotatable bonds is 5. The molecule has 0 fully saturated rings. The number of halogens is 2. The maximum Gasteiger partial charge on any atom is 0.200 e. The van der Waals surface area contributed by atoms with Gasteiger partial charge in [0.25, 0.3) is 0 Å². The van der Waals surface area contributed by atoms with E-state index in [4.69, 9.17) is 7.85 Å². The highest BCUT2D eigenvalue weighted by molar-refractivity contribution is 6.57. The van der Waals surface area contributed by atoms with Crippen LogP contribution in [0.5, 0.6) is 0 Å². The highest BCUT2D eigenvalue weighted by Gasteiger charge is 2.18. The van der Waals surface area contributed by atoms with E-state index >= 15 is 0 Å². The van der Waals surface area contributed by atoms with Crippen LogP contribution < -0.4 is 5.32 Å². The fourth-order valence-electron chi connectivity index (χ4n) is 1.59. The number of nitrogens with one attached hydrogen (secondary N) is 1. The first-order valence-corrected chi connectivity index (χ1v) is 5.24. The Kier molecular flexibility index (Phi) is 5.03. The third-order valence-corrected chi connectivity index (χ3v) is 2.36. The van der Waals surface area contributed by atoms with Crippen molar-refractivity contribution in [1.29, 1.82) is 0 Å². The summed E-state index contributed by atoms with van der Waals surface area (Å²) in [5, 5.41) is 11.9. The Labute approximate surface area is 105 Å². The molecule has 0 spiro atoms. The van der Waals surface area contributed by atoms with Gasteiger partial charge in [-0.15, -0.1) is 6.58 Å². The van der Waals surface area contributed by atoms with Crippen LogP contribution in [0.15, 0.2) is 30.9 Å². The van der Waals surface area contributed by atoms with E-state index in [2.05, 4.69) is 11.9 Å². The molecule has 0 aliphatic carbocycles. The molecule has 2 radical (unpaired) electrons. The minimum absolute atomic E-state index is 0.0325. The van der Waals surface area contributed by atoms with E-state index in [1.54, 1.807) is 0 Å². The van der Waals surface area contributed by atoms with Crippen molar-refractivity contribution in [1.82, 2.24) is 5.32 Å². The van der Waals surface area contributed by atoms with Gasteiger partial charge in [0, 0.05) is 6.07 Å². The number of carbonyl (C=O) groups excluding carboxylic acids is 1. The monoisotopic (exact) mass is 251 g/mol. The zero-order valence-corrected chi connectivity index (χ0v) is 9.57. The summed E-state index contributed by atoms with van der Waals surface area (Å²) in [5.74, 6) is -2.29. The highest BCUT2D eigenvalue weighted by Crippen LogP contribution is 2.12. The van der Waals surface area contributed by atoms with Gasteiger partial charge in [-0.3, -0.25) is 4.79 Å². The molecular formula is C12H12BF2NO2. The van der Waals surface area contributed by atoms with Crippen LogP contribution in [0.25, 0.3) is 0 Å². The molecule has 0 bridgehead atoms. The van der Waals surface area contributed by atoms with Gasteiger partial charge in [-0.1, -0.05) is 6.08 Å². The fourth-order valence-corrected chi connectivity index (χ4v) is 1.59. The Bertz CT molecular complexity index is 433. The molecule has 2 N–H and O–H groups in total. The molecule has 1 aromatic carbocycles. The van der Waals surface area contributed by atoms with E-state index in [1.807, 2.05) is 0 Å². The average Bonchev–Trinajstić information content (AvgIpc) is 2.25. The van der Waals surface area contributed by atoms with Gasteiger partial charge in [0.1, 0.15) is 11.6 Å². The largest absolute Gasteiger partial charge is 0.387 e. The Morgan fingerprint density at radius 2 is 2.00 bits per heavy atom. The Balaban J connectivity index is 2.87. The minimum atomic E-state index is -1.07. The number of aliphatic hydroxyl groups excluding tert-OH is 1. The lowest BCUT2D eigenvalue weighted by molar-refractivity contribution is 0.174. The van der Waals surface area contributed by atoms with Crippen LogP contribution in [0.1, 0.15) is 5.56 Å². The van der Waals surface area contributed by atoms with Gasteiger partial charge in [-0.2, -0.15) is 0 Å². The number of hydrogen-bond acceptors (Lipinski definition) is 2. The summed E-state index contributed by atoms with van der Waals surface area (Å²) in [6.07, 6.45) is 0.171. The number of carbonyl (C=O) groups is 1. The summed E-state index contributed by atoms with van der Waals surface area (Å²) < 4.78 is 26.0. The predicted molar refractivity (Wildman–Crippen MR) is 64.3 cm³/mol. The maximum atomic E-state index is 13.0. The molecule has 1 rings (SSSR count). The quantitative estimate of drug-likeness (QED) is 0.612. The molecule has 1 amide bonds. The molecule has 0 saturated heterocycles. The van der Waals surface area contributed by atoms with Gasteiger partial charge in [0.2, 0.25) is 7.85 Å². The van der Waals surface area contributed by atoms with Gasteiger partial charge in [0.05, 0.1) is 12.1 Å². The van der Waals surface area contributed by atoms with Gasteiger partial charge in [-0.25, -0.2) is 8.78 Å². The van der Waals surface area contributed by atoms with Crippen LogP contribution in [0.2, 0.25) is 0 Å². The third kappa shape index (κ3) is 4.29. The zero-order valence-electron chi connectivity index (χ0n) is 9.57. The SMILES string of the molecule is [B]C(=O)N[C@@H](Cc1cc(F)cc(F)c1)C(O)C=C. The van der Waals surface area contributed by atoms with Gasteiger partial charge >= 0.3 is 0 Å². The van der Waals surface area contributed by atoms with E-state index in [1.165, 1.54) is 6.08 Å². The molecule has 0 aliphatic rings. The van der Waals surface area contributed by atoms with Crippen molar-refractivity contribution in [2.45, 2.75) is 18.6 Å². The van der Waals surface area contributed by atoms with Gasteiger partial charge < -0.3 is 10.4 Å². The third-order valence-electron chi connectivity index (χ3n) is 2.36. The van der Waals surface area contributed by atoms with Crippen molar-refractivity contribution in [3.8, 4) is 0 Å². The van der Waals surface area contributed by atoms with Crippen LogP contribution in [-0.4, -0.2) is 30.9 Å². The molecular weight excluding hydrogens is 239 g/mol. The second-order valence-electron chi connectivity index (χ2n) is 3.82. The average molecular weight is 251 g/mol. The lowest BCUT2D eigenvalue weighted by Crippen LogP contribution is -2.43. The first-order valence-electron chi connectivity index (χ1n) is 5.24. The van der Waals surface area contributed by atoms with Gasteiger partial charge in [-0.05, 0) is 24.1 Å². The Morgan fingerprint density at radius 1 is 1.44 bits per heavy atom. The second kappa shape index (κ2) is 6.30. The van der Waals surface area contributed by atoms with Crippen molar-refractivity contribution < 1.29 is 18.7 Å². The van der Waals surface area contributed by atoms with Crippen molar-refractivity contribution in [2.24, 2.45) is 0 Å². The summed E-state index contributed by atoms with van der Waals surface area (Å²) in [4.78, 5) is 10.8. The van der Waals surface area contributed by atoms with E-state index in [9.17, 15) is 18.7 Å². The summed E-state index contributed by atoms with van der Waals surface area (Å²) in [6.45, 7) is 3.38. The molecule has 0 aromatic heterocycles. The minimum Gasteiger partial charge on any atom is -0.387 e. The molecule has 0 saturated carbocycles. The summed E-state index contributed by atoms with van der Waals surface area (Å²) >= 11 is 0. The van der Waals surface area contributed by atoms with E-state index < -0.39 is 29.6 Å². The van der Waals surface area contributed by atoms with E-state index in [0.717, 1.165) is 18.2 Å². The normalized spacial score (nSPS) is 13.7. The van der Waals surface area contributed by atoms with Crippen molar-refractivity contribution in [3.05, 3.63) is 48.1 Å². The number of benzene rings is 1. The molecule has 3 nitrogen and oxygen atoms in total. The van der Waals surface area contributed by atoms with Gasteiger partial charge in [0.15, 0.2) is 5.81 Å². The van der Waals surface area contributed by atoms with Crippen molar-refractivity contribution in [3.63, 3.8) is 0 Å². The fraction of sp³-hybridized carbons (Fsp3) is 0.250. The molecule has 2 atom stereocenters. The predicted octanol–water partition coefficient (Wildman–Crippen LogP) is 1.30. The van der Waals surface area contributed by atoms with Crippen LogP contribution >= 0.6 is 0 Å². The number of hydrogen-bond donors (Lipinski definition) is 2. The Morgan fingerprint density at radius 3 is 2.44 bits per heavy atom. The molecule has 0 aliphatic heterocycles. The molecule has 1 aromatic rings. The zero-order chi connectivity index (χ0) is 13.7. The van der Waals surface area contributed by atoms with Crippen LogP contribution in [0, 0.1) is 11.6 Å². The standard InChI is InChI=1S/C12H12BF2NO2/c1-2-11(17)10(16-12(13)18)5-7-3-8(14)6-9(15)4-7/h2-4,6,10-11,17H,1,5H2,(H,16,18)/t10-,11?/m0/s1. The first kappa shape index (κ1) is 14.4. The highest BCUT2D eigenvalue weighted by atomic mass is 19.1. The molecule has 6 heteroatoms. The molecule has 1 unspecified atom stereocenters. The van der Waals surface area contributed by atoms with E-state index in [0.29, 0.717) is 5.56 Å².